The number of aromatic carboxylic acids is 1. The summed E-state index contributed by atoms with van der Waals surface area (Å²) in [4.78, 5) is 10.9. The molecule has 4 heteroatoms. The van der Waals surface area contributed by atoms with E-state index in [1.807, 2.05) is 30.3 Å². The van der Waals surface area contributed by atoms with Crippen molar-refractivity contribution in [1.82, 2.24) is 0 Å². The van der Waals surface area contributed by atoms with E-state index in [9.17, 15) is 9.90 Å². The van der Waals surface area contributed by atoms with E-state index in [-0.39, 0.29) is 12.2 Å². The summed E-state index contributed by atoms with van der Waals surface area (Å²) in [6, 6.07) is 14.0. The van der Waals surface area contributed by atoms with Gasteiger partial charge in [0.05, 0.1) is 12.2 Å². The Morgan fingerprint density at radius 1 is 1.05 bits per heavy atom. The molecule has 0 aliphatic carbocycles. The van der Waals surface area contributed by atoms with Gasteiger partial charge in [-0.2, -0.15) is 0 Å². The Kier molecular flexibility index (Phi) is 4.74. The van der Waals surface area contributed by atoms with Gasteiger partial charge < -0.3 is 9.84 Å². The van der Waals surface area contributed by atoms with Gasteiger partial charge in [-0.25, -0.2) is 9.90 Å². The second-order valence-corrected chi connectivity index (χ2v) is 4.40. The summed E-state index contributed by atoms with van der Waals surface area (Å²) in [5.74, 6) is -0.277. The van der Waals surface area contributed by atoms with Crippen LogP contribution >= 0.6 is 0 Å². The molecule has 0 heterocycles. The highest BCUT2D eigenvalue weighted by molar-refractivity contribution is 5.87. The molecule has 0 saturated heterocycles. The van der Waals surface area contributed by atoms with Gasteiger partial charge >= 0.3 is 5.97 Å². The SMILES string of the molecule is [O]CCc1cccc(OCc2cccc(C(=O)O)c2)c1. The zero-order chi connectivity index (χ0) is 14.4. The van der Waals surface area contributed by atoms with E-state index in [1.165, 1.54) is 0 Å². The summed E-state index contributed by atoms with van der Waals surface area (Å²) >= 11 is 0. The van der Waals surface area contributed by atoms with Crippen molar-refractivity contribution in [3.05, 3.63) is 65.2 Å². The van der Waals surface area contributed by atoms with Crippen molar-refractivity contribution < 1.29 is 19.7 Å². The molecule has 4 nitrogen and oxygen atoms in total. The van der Waals surface area contributed by atoms with Crippen LogP contribution < -0.4 is 4.74 Å². The molecule has 0 atom stereocenters. The third-order valence-electron chi connectivity index (χ3n) is 2.87. The fourth-order valence-electron chi connectivity index (χ4n) is 1.87. The molecule has 2 aromatic rings. The topological polar surface area (TPSA) is 66.4 Å². The van der Waals surface area contributed by atoms with E-state index < -0.39 is 5.97 Å². The molecule has 103 valence electrons. The van der Waals surface area contributed by atoms with Crippen molar-refractivity contribution in [2.24, 2.45) is 0 Å². The highest BCUT2D eigenvalue weighted by atomic mass is 16.5. The summed E-state index contributed by atoms with van der Waals surface area (Å²) < 4.78 is 5.62. The van der Waals surface area contributed by atoms with Crippen LogP contribution in [0.25, 0.3) is 0 Å². The van der Waals surface area contributed by atoms with Crippen molar-refractivity contribution in [1.29, 1.82) is 0 Å². The number of rotatable bonds is 6. The molecule has 20 heavy (non-hydrogen) atoms. The number of carboxylic acid groups (broad SMARTS) is 1. The molecule has 0 amide bonds. The fraction of sp³-hybridized carbons (Fsp3) is 0.188. The Bertz CT molecular complexity index is 593. The first kappa shape index (κ1) is 14.1. The molecular weight excluding hydrogens is 256 g/mol. The lowest BCUT2D eigenvalue weighted by Gasteiger charge is -2.08. The lowest BCUT2D eigenvalue weighted by Crippen LogP contribution is -2.00. The van der Waals surface area contributed by atoms with Crippen LogP contribution in [0.3, 0.4) is 0 Å². The van der Waals surface area contributed by atoms with Crippen LogP contribution in [0.15, 0.2) is 48.5 Å². The van der Waals surface area contributed by atoms with Gasteiger partial charge in [-0.05, 0) is 41.8 Å². The predicted molar refractivity (Wildman–Crippen MR) is 73.4 cm³/mol. The van der Waals surface area contributed by atoms with Gasteiger partial charge in [0, 0.05) is 0 Å². The van der Waals surface area contributed by atoms with Crippen molar-refractivity contribution in [2.45, 2.75) is 13.0 Å². The fourth-order valence-corrected chi connectivity index (χ4v) is 1.87. The Hall–Kier alpha value is -2.33. The molecule has 1 N–H and O–H groups in total. The van der Waals surface area contributed by atoms with Gasteiger partial charge in [-0.1, -0.05) is 24.3 Å². The summed E-state index contributed by atoms with van der Waals surface area (Å²) in [6.45, 7) is 0.145. The van der Waals surface area contributed by atoms with Crippen LogP contribution in [0.4, 0.5) is 0 Å². The van der Waals surface area contributed by atoms with Crippen LogP contribution in [0, 0.1) is 0 Å². The smallest absolute Gasteiger partial charge is 0.335 e. The summed E-state index contributed by atoms with van der Waals surface area (Å²) in [7, 11) is 0. The molecule has 2 rings (SSSR count). The average molecular weight is 271 g/mol. The molecule has 0 saturated carbocycles. The van der Waals surface area contributed by atoms with Gasteiger partial charge in [-0.15, -0.1) is 0 Å². The number of carbonyl (C=O) groups is 1. The maximum absolute atomic E-state index is 10.9. The van der Waals surface area contributed by atoms with E-state index >= 15 is 0 Å². The first-order valence-electron chi connectivity index (χ1n) is 6.31. The zero-order valence-corrected chi connectivity index (χ0v) is 10.9. The second-order valence-electron chi connectivity index (χ2n) is 4.40. The summed E-state index contributed by atoms with van der Waals surface area (Å²) in [5.41, 5.74) is 1.97. The minimum absolute atomic E-state index is 0.149. The van der Waals surface area contributed by atoms with Crippen molar-refractivity contribution in [2.75, 3.05) is 6.61 Å². The Morgan fingerprint density at radius 3 is 2.55 bits per heavy atom. The van der Waals surface area contributed by atoms with Gasteiger partial charge in [-0.3, -0.25) is 0 Å². The lowest BCUT2D eigenvalue weighted by atomic mass is 10.1. The minimum atomic E-state index is -0.954. The number of hydrogen-bond donors (Lipinski definition) is 1. The van der Waals surface area contributed by atoms with Crippen LogP contribution in [0.5, 0.6) is 5.75 Å². The van der Waals surface area contributed by atoms with Gasteiger partial charge in [0.15, 0.2) is 0 Å². The van der Waals surface area contributed by atoms with Crippen molar-refractivity contribution in [3.8, 4) is 5.75 Å². The van der Waals surface area contributed by atoms with Crippen LogP contribution in [0.2, 0.25) is 0 Å². The molecule has 0 aliphatic rings. The van der Waals surface area contributed by atoms with E-state index in [0.717, 1.165) is 11.1 Å². The molecular formula is C16H15O4. The highest BCUT2D eigenvalue weighted by Gasteiger charge is 2.04. The molecule has 0 spiro atoms. The molecule has 0 aromatic heterocycles. The van der Waals surface area contributed by atoms with E-state index in [4.69, 9.17) is 9.84 Å². The molecule has 0 fully saturated rings. The minimum Gasteiger partial charge on any atom is -0.489 e. The molecule has 0 aliphatic heterocycles. The van der Waals surface area contributed by atoms with Gasteiger partial charge in [0.25, 0.3) is 0 Å². The molecule has 0 bridgehead atoms. The Balaban J connectivity index is 2.03. The van der Waals surface area contributed by atoms with Crippen molar-refractivity contribution >= 4 is 5.97 Å². The first-order valence-corrected chi connectivity index (χ1v) is 6.31. The number of hydrogen-bond acceptors (Lipinski definition) is 2. The number of carboxylic acids is 1. The monoisotopic (exact) mass is 271 g/mol. The summed E-state index contributed by atoms with van der Waals surface area (Å²) in [6.07, 6.45) is 0.478. The molecule has 0 unspecified atom stereocenters. The largest absolute Gasteiger partial charge is 0.489 e. The van der Waals surface area contributed by atoms with E-state index in [2.05, 4.69) is 0 Å². The zero-order valence-electron chi connectivity index (χ0n) is 10.9. The second kappa shape index (κ2) is 6.73. The van der Waals surface area contributed by atoms with Crippen LogP contribution in [0.1, 0.15) is 21.5 Å². The number of ether oxygens (including phenoxy) is 1. The Morgan fingerprint density at radius 2 is 1.80 bits per heavy atom. The maximum Gasteiger partial charge on any atom is 0.335 e. The van der Waals surface area contributed by atoms with Gasteiger partial charge in [0.2, 0.25) is 0 Å². The maximum atomic E-state index is 10.9. The Labute approximate surface area is 117 Å². The first-order chi connectivity index (χ1) is 9.69. The third kappa shape index (κ3) is 3.83. The highest BCUT2D eigenvalue weighted by Crippen LogP contribution is 2.16. The predicted octanol–water partition coefficient (Wildman–Crippen LogP) is 2.94. The molecule has 1 radical (unpaired) electrons. The van der Waals surface area contributed by atoms with E-state index in [0.29, 0.717) is 18.8 Å². The van der Waals surface area contributed by atoms with Crippen molar-refractivity contribution in [3.63, 3.8) is 0 Å². The molecule has 2 aromatic carbocycles. The normalized spacial score (nSPS) is 10.2. The van der Waals surface area contributed by atoms with E-state index in [1.54, 1.807) is 18.2 Å². The lowest BCUT2D eigenvalue weighted by molar-refractivity contribution is 0.0696. The average Bonchev–Trinajstić information content (AvgIpc) is 2.46. The van der Waals surface area contributed by atoms with Gasteiger partial charge in [0.1, 0.15) is 12.4 Å². The summed E-state index contributed by atoms with van der Waals surface area (Å²) in [5, 5.41) is 19.5. The third-order valence-corrected chi connectivity index (χ3v) is 2.87. The van der Waals surface area contributed by atoms with Crippen LogP contribution in [-0.2, 0) is 18.1 Å². The quantitative estimate of drug-likeness (QED) is 0.878. The van der Waals surface area contributed by atoms with Crippen LogP contribution in [-0.4, -0.2) is 17.7 Å². The number of benzene rings is 2. The standard InChI is InChI=1S/C16H15O4/c17-8-7-12-3-2-6-15(10-12)20-11-13-4-1-5-14(9-13)16(18)19/h1-6,9-10H,7-8,11H2,(H,18,19).